The van der Waals surface area contributed by atoms with Gasteiger partial charge in [-0.2, -0.15) is 0 Å². The number of unbranched alkanes of at least 4 members (excludes halogenated alkanes) is 7. The summed E-state index contributed by atoms with van der Waals surface area (Å²) in [4.78, 5) is 22.6. The predicted octanol–water partition coefficient (Wildman–Crippen LogP) is 5.89. The molecule has 1 unspecified atom stereocenters. The van der Waals surface area contributed by atoms with Gasteiger partial charge in [0.15, 0.2) is 5.78 Å². The molecule has 138 valence electrons. The summed E-state index contributed by atoms with van der Waals surface area (Å²) in [5.74, 6) is -0.0181. The Morgan fingerprint density at radius 1 is 0.826 bits per heavy atom. The highest BCUT2D eigenvalue weighted by Crippen LogP contribution is 2.16. The molecule has 3 nitrogen and oxygen atoms in total. The van der Waals surface area contributed by atoms with Crippen LogP contribution in [-0.2, 0) is 14.3 Å². The molecule has 1 atom stereocenters. The average molecular weight is 329 g/mol. The minimum absolute atomic E-state index is 0.0148. The van der Waals surface area contributed by atoms with Crippen LogP contribution in [0, 0.1) is 0 Å². The highest BCUT2D eigenvalue weighted by molar-refractivity contribution is 6.00. The zero-order chi connectivity index (χ0) is 17.9. The summed E-state index contributed by atoms with van der Waals surface area (Å²) >= 11 is 0. The predicted molar refractivity (Wildman–Crippen MR) is 98.9 cm³/mol. The van der Waals surface area contributed by atoms with E-state index in [-0.39, 0.29) is 30.7 Å². The van der Waals surface area contributed by atoms with Crippen LogP contribution in [0.3, 0.4) is 0 Å². The van der Waals surface area contributed by atoms with E-state index in [1.54, 1.807) is 0 Å². The topological polar surface area (TPSA) is 43.4 Å². The van der Waals surface area contributed by atoms with Crippen LogP contribution >= 0.6 is 0 Å². The van der Waals surface area contributed by atoms with Crippen LogP contribution in [0.25, 0.3) is 0 Å². The molecule has 1 saturated heterocycles. The van der Waals surface area contributed by atoms with Crippen LogP contribution < -0.4 is 0 Å². The van der Waals surface area contributed by atoms with Crippen molar-refractivity contribution in [1.29, 1.82) is 0 Å². The second kappa shape index (κ2) is 19.3. The summed E-state index contributed by atoms with van der Waals surface area (Å²) in [6.45, 7) is 10.4. The standard InChI is InChI=1S/C16H28O3.2C2H6/c1-2-3-4-5-6-7-8-9-10-16-12-14(17)11-15(18)13-19-16;2*1-2/h16H,2-13H2,1H3;2*1-2H3. The van der Waals surface area contributed by atoms with Crippen molar-refractivity contribution in [2.45, 2.75) is 111 Å². The quantitative estimate of drug-likeness (QED) is 0.391. The molecule has 1 aliphatic heterocycles. The molecule has 0 amide bonds. The summed E-state index contributed by atoms with van der Waals surface area (Å²) in [6, 6.07) is 0. The molecular weight excluding hydrogens is 288 g/mol. The summed E-state index contributed by atoms with van der Waals surface area (Å²) in [6.07, 6.45) is 11.7. The van der Waals surface area contributed by atoms with E-state index in [1.165, 1.54) is 44.9 Å². The van der Waals surface area contributed by atoms with Gasteiger partial charge in [0.2, 0.25) is 0 Å². The van der Waals surface area contributed by atoms with E-state index in [0.717, 1.165) is 12.8 Å². The van der Waals surface area contributed by atoms with Crippen molar-refractivity contribution in [3.8, 4) is 0 Å². The van der Waals surface area contributed by atoms with E-state index in [1.807, 2.05) is 27.7 Å². The van der Waals surface area contributed by atoms with Crippen LogP contribution in [0.15, 0.2) is 0 Å². The van der Waals surface area contributed by atoms with Gasteiger partial charge in [-0.15, -0.1) is 0 Å². The third kappa shape index (κ3) is 16.0. The summed E-state index contributed by atoms with van der Waals surface area (Å²) in [5, 5.41) is 0. The Hall–Kier alpha value is -0.700. The number of hydrogen-bond acceptors (Lipinski definition) is 3. The monoisotopic (exact) mass is 328 g/mol. The first-order valence-electron chi connectivity index (χ1n) is 9.87. The molecule has 1 heterocycles. The van der Waals surface area contributed by atoms with Crippen molar-refractivity contribution in [3.05, 3.63) is 0 Å². The van der Waals surface area contributed by atoms with Crippen molar-refractivity contribution in [2.24, 2.45) is 0 Å². The molecular formula is C20H40O3. The highest BCUT2D eigenvalue weighted by Gasteiger charge is 2.22. The van der Waals surface area contributed by atoms with Crippen molar-refractivity contribution in [2.75, 3.05) is 6.61 Å². The van der Waals surface area contributed by atoms with Crippen molar-refractivity contribution >= 4 is 11.6 Å². The Bertz CT molecular complexity index is 274. The van der Waals surface area contributed by atoms with Crippen molar-refractivity contribution in [3.63, 3.8) is 0 Å². The van der Waals surface area contributed by atoms with Gasteiger partial charge in [0.05, 0.1) is 12.5 Å². The molecule has 1 aliphatic rings. The Morgan fingerprint density at radius 2 is 1.35 bits per heavy atom. The largest absolute Gasteiger partial charge is 0.370 e. The van der Waals surface area contributed by atoms with E-state index in [4.69, 9.17) is 4.74 Å². The van der Waals surface area contributed by atoms with Gasteiger partial charge < -0.3 is 4.74 Å². The maximum atomic E-state index is 11.4. The molecule has 0 radical (unpaired) electrons. The number of carbonyl (C=O) groups excluding carboxylic acids is 2. The van der Waals surface area contributed by atoms with Crippen LogP contribution in [0.1, 0.15) is 105 Å². The van der Waals surface area contributed by atoms with Crippen LogP contribution in [-0.4, -0.2) is 24.3 Å². The highest BCUT2D eigenvalue weighted by atomic mass is 16.5. The second-order valence-electron chi connectivity index (χ2n) is 5.65. The second-order valence-corrected chi connectivity index (χ2v) is 5.65. The third-order valence-corrected chi connectivity index (χ3v) is 3.71. The summed E-state index contributed by atoms with van der Waals surface area (Å²) in [7, 11) is 0. The number of ketones is 2. The molecule has 0 aromatic rings. The van der Waals surface area contributed by atoms with Gasteiger partial charge in [-0.05, 0) is 6.42 Å². The first-order valence-corrected chi connectivity index (χ1v) is 9.87. The fourth-order valence-electron chi connectivity index (χ4n) is 2.56. The van der Waals surface area contributed by atoms with E-state index < -0.39 is 0 Å². The molecule has 0 aromatic carbocycles. The summed E-state index contributed by atoms with van der Waals surface area (Å²) < 4.78 is 5.47. The summed E-state index contributed by atoms with van der Waals surface area (Å²) in [5.41, 5.74) is 0. The molecule has 23 heavy (non-hydrogen) atoms. The average Bonchev–Trinajstić information content (AvgIpc) is 2.74. The maximum Gasteiger partial charge on any atom is 0.165 e. The molecule has 0 saturated carbocycles. The first-order chi connectivity index (χ1) is 11.2. The van der Waals surface area contributed by atoms with E-state index in [2.05, 4.69) is 6.92 Å². The Labute approximate surface area is 144 Å². The van der Waals surface area contributed by atoms with Gasteiger partial charge in [-0.3, -0.25) is 9.59 Å². The molecule has 0 aliphatic carbocycles. The Kier molecular flexibility index (Phi) is 20.7. The molecule has 1 rings (SSSR count). The maximum absolute atomic E-state index is 11.4. The van der Waals surface area contributed by atoms with E-state index >= 15 is 0 Å². The van der Waals surface area contributed by atoms with Crippen LogP contribution in [0.2, 0.25) is 0 Å². The van der Waals surface area contributed by atoms with E-state index in [9.17, 15) is 9.59 Å². The van der Waals surface area contributed by atoms with Crippen LogP contribution in [0.4, 0.5) is 0 Å². The minimum Gasteiger partial charge on any atom is -0.370 e. The molecule has 3 heteroatoms. The normalized spacial score (nSPS) is 17.5. The number of carbonyl (C=O) groups is 2. The van der Waals surface area contributed by atoms with Crippen molar-refractivity contribution < 1.29 is 14.3 Å². The van der Waals surface area contributed by atoms with Crippen molar-refractivity contribution in [1.82, 2.24) is 0 Å². The lowest BCUT2D eigenvalue weighted by Gasteiger charge is -2.13. The fourth-order valence-corrected chi connectivity index (χ4v) is 2.56. The number of hydrogen-bond donors (Lipinski definition) is 0. The number of rotatable bonds is 9. The minimum atomic E-state index is -0.0663. The van der Waals surface area contributed by atoms with Gasteiger partial charge >= 0.3 is 0 Å². The molecule has 0 spiro atoms. The smallest absolute Gasteiger partial charge is 0.165 e. The Morgan fingerprint density at radius 3 is 1.91 bits per heavy atom. The Balaban J connectivity index is 0. The third-order valence-electron chi connectivity index (χ3n) is 3.71. The molecule has 1 fully saturated rings. The molecule has 0 bridgehead atoms. The molecule has 0 N–H and O–H groups in total. The number of ether oxygens (including phenoxy) is 1. The van der Waals surface area contributed by atoms with E-state index in [0.29, 0.717) is 6.42 Å². The lowest BCUT2D eigenvalue weighted by atomic mass is 10.0. The van der Waals surface area contributed by atoms with Gasteiger partial charge in [0.1, 0.15) is 12.4 Å². The first kappa shape index (κ1) is 24.6. The zero-order valence-corrected chi connectivity index (χ0v) is 16.3. The fraction of sp³-hybridized carbons (Fsp3) is 0.900. The molecule has 0 aromatic heterocycles. The number of Topliss-reactive ketones (excluding diaryl/α,β-unsaturated/α-hetero) is 2. The van der Waals surface area contributed by atoms with Gasteiger partial charge in [-0.1, -0.05) is 86.0 Å². The lowest BCUT2D eigenvalue weighted by molar-refractivity contribution is -0.126. The van der Waals surface area contributed by atoms with Gasteiger partial charge in [0.25, 0.3) is 0 Å². The lowest BCUT2D eigenvalue weighted by Crippen LogP contribution is -2.15. The SMILES string of the molecule is CC.CC.CCCCCCCCCCC1CC(=O)CC(=O)CO1. The van der Waals surface area contributed by atoms with Gasteiger partial charge in [-0.25, -0.2) is 0 Å². The van der Waals surface area contributed by atoms with Crippen LogP contribution in [0.5, 0.6) is 0 Å². The zero-order valence-electron chi connectivity index (χ0n) is 16.3. The van der Waals surface area contributed by atoms with Gasteiger partial charge in [0, 0.05) is 6.42 Å².